The van der Waals surface area contributed by atoms with E-state index < -0.39 is 11.4 Å². The Balaban J connectivity index is 2.74. The Kier molecular flexibility index (Phi) is 4.09. The van der Waals surface area contributed by atoms with Crippen LogP contribution in [0.15, 0.2) is 11.1 Å². The number of hydrogen-bond acceptors (Lipinski definition) is 4. The van der Waals surface area contributed by atoms with Gasteiger partial charge in [-0.1, -0.05) is 12.8 Å². The number of methoxy groups -OCH3 is 2. The summed E-state index contributed by atoms with van der Waals surface area (Å²) in [5.41, 5.74) is 0.776. The Morgan fingerprint density at radius 1 is 1.25 bits per heavy atom. The van der Waals surface area contributed by atoms with E-state index in [1.54, 1.807) is 13.0 Å². The zero-order valence-electron chi connectivity index (χ0n) is 12.0. The van der Waals surface area contributed by atoms with Gasteiger partial charge in [0.25, 0.3) is 0 Å². The Labute approximate surface area is 117 Å². The van der Waals surface area contributed by atoms with Crippen molar-refractivity contribution in [2.75, 3.05) is 14.2 Å². The molecule has 2 rings (SSSR count). The fraction of sp³-hybridized carbons (Fsp3) is 0.533. The lowest BCUT2D eigenvalue weighted by molar-refractivity contribution is 0.322. The molecule has 1 aromatic carbocycles. The normalized spacial score (nSPS) is 16.6. The minimum atomic E-state index is -0.668. The SMILES string of the molecule is COc1c(F)cc(C)c(C2(N=C=O)CCCC2)c1OC. The standard InChI is InChI=1S/C15H18FNO3/c1-10-8-11(16)13(19-2)14(20-3)12(10)15(17-9-18)6-4-5-7-15/h8H,4-7H2,1-3H3. The van der Waals surface area contributed by atoms with Crippen molar-refractivity contribution in [3.05, 3.63) is 23.0 Å². The van der Waals surface area contributed by atoms with Gasteiger partial charge in [-0.15, -0.1) is 0 Å². The fourth-order valence-corrected chi connectivity index (χ4v) is 3.16. The molecule has 1 saturated carbocycles. The van der Waals surface area contributed by atoms with Gasteiger partial charge in [-0.3, -0.25) is 0 Å². The van der Waals surface area contributed by atoms with Gasteiger partial charge in [0, 0.05) is 5.56 Å². The molecule has 20 heavy (non-hydrogen) atoms. The van der Waals surface area contributed by atoms with E-state index in [1.807, 2.05) is 0 Å². The van der Waals surface area contributed by atoms with E-state index in [0.29, 0.717) is 11.3 Å². The number of carbonyl (C=O) groups excluding carboxylic acids is 1. The minimum Gasteiger partial charge on any atom is -0.492 e. The molecule has 0 saturated heterocycles. The number of benzene rings is 1. The first kappa shape index (κ1) is 14.5. The predicted octanol–water partition coefficient (Wildman–Crippen LogP) is 3.26. The smallest absolute Gasteiger partial charge is 0.235 e. The molecule has 0 heterocycles. The Hall–Kier alpha value is -1.87. The molecule has 4 nitrogen and oxygen atoms in total. The summed E-state index contributed by atoms with van der Waals surface area (Å²) in [4.78, 5) is 14.9. The first-order chi connectivity index (χ1) is 9.59. The van der Waals surface area contributed by atoms with Gasteiger partial charge in [0.1, 0.15) is 5.54 Å². The van der Waals surface area contributed by atoms with Crippen LogP contribution in [0, 0.1) is 12.7 Å². The molecular weight excluding hydrogens is 261 g/mol. The fourth-order valence-electron chi connectivity index (χ4n) is 3.16. The van der Waals surface area contributed by atoms with Gasteiger partial charge in [0.15, 0.2) is 17.3 Å². The zero-order chi connectivity index (χ0) is 14.8. The number of halogens is 1. The van der Waals surface area contributed by atoms with Crippen LogP contribution in [0.5, 0.6) is 11.5 Å². The molecule has 0 bridgehead atoms. The number of aryl methyl sites for hydroxylation is 1. The van der Waals surface area contributed by atoms with Crippen molar-refractivity contribution in [3.8, 4) is 11.5 Å². The number of rotatable bonds is 4. The summed E-state index contributed by atoms with van der Waals surface area (Å²) < 4.78 is 24.4. The maximum Gasteiger partial charge on any atom is 0.235 e. The molecule has 1 aliphatic carbocycles. The second-order valence-corrected chi connectivity index (χ2v) is 5.06. The molecule has 0 radical (unpaired) electrons. The average molecular weight is 279 g/mol. The Morgan fingerprint density at radius 3 is 2.35 bits per heavy atom. The Morgan fingerprint density at radius 2 is 1.85 bits per heavy atom. The van der Waals surface area contributed by atoms with E-state index in [1.165, 1.54) is 20.3 Å². The van der Waals surface area contributed by atoms with Crippen LogP contribution in [0.2, 0.25) is 0 Å². The molecule has 108 valence electrons. The van der Waals surface area contributed by atoms with Crippen LogP contribution in [0.4, 0.5) is 4.39 Å². The summed E-state index contributed by atoms with van der Waals surface area (Å²) in [7, 11) is 2.86. The van der Waals surface area contributed by atoms with Crippen LogP contribution in [0.25, 0.3) is 0 Å². The molecule has 1 fully saturated rings. The van der Waals surface area contributed by atoms with Crippen LogP contribution in [-0.2, 0) is 10.3 Å². The first-order valence-corrected chi connectivity index (χ1v) is 6.60. The highest BCUT2D eigenvalue weighted by atomic mass is 19.1. The molecule has 0 spiro atoms. The molecule has 5 heteroatoms. The Bertz CT molecular complexity index is 559. The van der Waals surface area contributed by atoms with Crippen LogP contribution in [-0.4, -0.2) is 20.3 Å². The van der Waals surface area contributed by atoms with Crippen LogP contribution in [0.1, 0.15) is 36.8 Å². The summed E-state index contributed by atoms with van der Waals surface area (Å²) in [5, 5.41) is 0. The van der Waals surface area contributed by atoms with Crippen LogP contribution >= 0.6 is 0 Å². The van der Waals surface area contributed by atoms with Gasteiger partial charge in [-0.2, -0.15) is 4.99 Å². The predicted molar refractivity (Wildman–Crippen MR) is 72.5 cm³/mol. The van der Waals surface area contributed by atoms with Crippen molar-refractivity contribution < 1.29 is 18.7 Å². The van der Waals surface area contributed by atoms with E-state index in [0.717, 1.165) is 31.2 Å². The van der Waals surface area contributed by atoms with Crippen molar-refractivity contribution in [1.82, 2.24) is 0 Å². The molecule has 1 aromatic rings. The maximum absolute atomic E-state index is 14.0. The largest absolute Gasteiger partial charge is 0.492 e. The molecule has 0 aliphatic heterocycles. The van der Waals surface area contributed by atoms with Crippen LogP contribution in [0.3, 0.4) is 0 Å². The third kappa shape index (κ3) is 2.18. The highest BCUT2D eigenvalue weighted by Gasteiger charge is 2.41. The zero-order valence-corrected chi connectivity index (χ0v) is 12.0. The number of hydrogen-bond donors (Lipinski definition) is 0. The molecule has 0 N–H and O–H groups in total. The summed E-state index contributed by atoms with van der Waals surface area (Å²) in [6, 6.07) is 1.40. The summed E-state index contributed by atoms with van der Waals surface area (Å²) >= 11 is 0. The molecule has 0 unspecified atom stereocenters. The van der Waals surface area contributed by atoms with Gasteiger partial charge in [-0.05, 0) is 31.4 Å². The van der Waals surface area contributed by atoms with Gasteiger partial charge in [0.2, 0.25) is 6.08 Å². The van der Waals surface area contributed by atoms with Gasteiger partial charge in [0.05, 0.1) is 14.2 Å². The van der Waals surface area contributed by atoms with E-state index in [2.05, 4.69) is 4.99 Å². The number of isocyanates is 1. The summed E-state index contributed by atoms with van der Waals surface area (Å²) in [6.07, 6.45) is 5.06. The quantitative estimate of drug-likeness (QED) is 0.628. The van der Waals surface area contributed by atoms with Crippen LogP contribution < -0.4 is 9.47 Å². The number of ether oxygens (including phenoxy) is 2. The van der Waals surface area contributed by atoms with Crippen molar-refractivity contribution in [2.24, 2.45) is 4.99 Å². The van der Waals surface area contributed by atoms with E-state index in [9.17, 15) is 9.18 Å². The lowest BCUT2D eigenvalue weighted by Crippen LogP contribution is -2.22. The second kappa shape index (κ2) is 5.63. The highest BCUT2D eigenvalue weighted by molar-refractivity contribution is 5.56. The monoisotopic (exact) mass is 279 g/mol. The topological polar surface area (TPSA) is 47.9 Å². The first-order valence-electron chi connectivity index (χ1n) is 6.60. The van der Waals surface area contributed by atoms with Crippen molar-refractivity contribution in [3.63, 3.8) is 0 Å². The molecule has 0 amide bonds. The average Bonchev–Trinajstić information content (AvgIpc) is 2.87. The van der Waals surface area contributed by atoms with Crippen molar-refractivity contribution in [1.29, 1.82) is 0 Å². The molecule has 0 atom stereocenters. The third-order valence-corrected chi connectivity index (χ3v) is 3.95. The summed E-state index contributed by atoms with van der Waals surface area (Å²) in [6.45, 7) is 1.79. The van der Waals surface area contributed by atoms with E-state index >= 15 is 0 Å². The molecule has 0 aromatic heterocycles. The van der Waals surface area contributed by atoms with Crippen molar-refractivity contribution >= 4 is 6.08 Å². The number of nitrogens with zero attached hydrogens (tertiary/aromatic N) is 1. The lowest BCUT2D eigenvalue weighted by Gasteiger charge is -2.28. The van der Waals surface area contributed by atoms with Gasteiger partial charge in [-0.25, -0.2) is 9.18 Å². The lowest BCUT2D eigenvalue weighted by atomic mass is 9.84. The highest BCUT2D eigenvalue weighted by Crippen LogP contribution is 2.50. The molecule has 1 aliphatic rings. The van der Waals surface area contributed by atoms with Gasteiger partial charge >= 0.3 is 0 Å². The molecular formula is C15H18FNO3. The van der Waals surface area contributed by atoms with Gasteiger partial charge < -0.3 is 9.47 Å². The number of aliphatic imine (C=N–C) groups is 1. The maximum atomic E-state index is 14.0. The second-order valence-electron chi connectivity index (χ2n) is 5.06. The third-order valence-electron chi connectivity index (χ3n) is 3.95. The van der Waals surface area contributed by atoms with Crippen molar-refractivity contribution in [2.45, 2.75) is 38.1 Å². The van der Waals surface area contributed by atoms with E-state index in [4.69, 9.17) is 9.47 Å². The minimum absolute atomic E-state index is 0.0560. The summed E-state index contributed by atoms with van der Waals surface area (Å²) in [5.74, 6) is -0.0970. The van der Waals surface area contributed by atoms with E-state index in [-0.39, 0.29) is 5.75 Å².